The lowest BCUT2D eigenvalue weighted by Gasteiger charge is -2.50. The molecule has 1 fully saturated rings. The van der Waals surface area contributed by atoms with Crippen LogP contribution in [0.3, 0.4) is 0 Å². The fourth-order valence-corrected chi connectivity index (χ4v) is 3.24. The second-order valence-corrected chi connectivity index (χ2v) is 4.96. The van der Waals surface area contributed by atoms with Gasteiger partial charge in [0, 0.05) is 11.5 Å². The van der Waals surface area contributed by atoms with E-state index in [1.807, 2.05) is 6.07 Å². The van der Waals surface area contributed by atoms with Crippen molar-refractivity contribution in [2.45, 2.75) is 43.6 Å². The second-order valence-electron chi connectivity index (χ2n) is 4.96. The predicted molar refractivity (Wildman–Crippen MR) is 58.2 cm³/mol. The van der Waals surface area contributed by atoms with Gasteiger partial charge >= 0.3 is 0 Å². The van der Waals surface area contributed by atoms with E-state index in [9.17, 15) is 4.39 Å². The Morgan fingerprint density at radius 3 is 2.80 bits per heavy atom. The minimum atomic E-state index is -0.112. The molecule has 0 bridgehead atoms. The molecule has 1 aromatic carbocycles. The van der Waals surface area contributed by atoms with Crippen molar-refractivity contribution in [1.29, 1.82) is 0 Å². The maximum absolute atomic E-state index is 13.1. The predicted octanol–water partition coefficient (Wildman–Crippen LogP) is 2.52. The molecule has 1 aromatic rings. The first-order valence-corrected chi connectivity index (χ1v) is 5.77. The number of hydrogen-bond acceptors (Lipinski definition) is 1. The van der Waals surface area contributed by atoms with E-state index in [2.05, 4.69) is 0 Å². The molecule has 0 radical (unpaired) electrons. The SMILES string of the molecule is NC1CCc2cc(F)ccc2C12CCC2. The quantitative estimate of drug-likeness (QED) is 0.692. The highest BCUT2D eigenvalue weighted by Crippen LogP contribution is 2.50. The number of halogens is 1. The topological polar surface area (TPSA) is 26.0 Å². The Balaban J connectivity index is 2.12. The first kappa shape index (κ1) is 9.34. The third-order valence-electron chi connectivity index (χ3n) is 4.28. The van der Waals surface area contributed by atoms with E-state index in [-0.39, 0.29) is 17.3 Å². The van der Waals surface area contributed by atoms with Gasteiger partial charge in [0.05, 0.1) is 0 Å². The zero-order chi connectivity index (χ0) is 10.5. The lowest BCUT2D eigenvalue weighted by molar-refractivity contribution is 0.176. The smallest absolute Gasteiger partial charge is 0.123 e. The average Bonchev–Trinajstić information content (AvgIpc) is 2.15. The molecule has 1 spiro atoms. The summed E-state index contributed by atoms with van der Waals surface area (Å²) in [4.78, 5) is 0. The van der Waals surface area contributed by atoms with Crippen molar-refractivity contribution in [3.05, 3.63) is 35.1 Å². The van der Waals surface area contributed by atoms with Crippen molar-refractivity contribution < 1.29 is 4.39 Å². The highest BCUT2D eigenvalue weighted by molar-refractivity contribution is 5.41. The van der Waals surface area contributed by atoms with Crippen molar-refractivity contribution in [1.82, 2.24) is 0 Å². The van der Waals surface area contributed by atoms with Gasteiger partial charge in [-0.15, -0.1) is 0 Å². The van der Waals surface area contributed by atoms with Gasteiger partial charge < -0.3 is 5.73 Å². The fraction of sp³-hybridized carbons (Fsp3) is 0.538. The van der Waals surface area contributed by atoms with Crippen molar-refractivity contribution in [3.8, 4) is 0 Å². The van der Waals surface area contributed by atoms with Gasteiger partial charge in [-0.3, -0.25) is 0 Å². The third kappa shape index (κ3) is 1.18. The largest absolute Gasteiger partial charge is 0.327 e. The van der Waals surface area contributed by atoms with E-state index in [4.69, 9.17) is 5.73 Å². The molecule has 3 rings (SSSR count). The van der Waals surface area contributed by atoms with Crippen LogP contribution in [0.2, 0.25) is 0 Å². The molecular formula is C13H16FN. The Morgan fingerprint density at radius 1 is 1.33 bits per heavy atom. The molecule has 0 aromatic heterocycles. The molecule has 1 saturated carbocycles. The van der Waals surface area contributed by atoms with Crippen LogP contribution in [-0.4, -0.2) is 6.04 Å². The van der Waals surface area contributed by atoms with Crippen LogP contribution in [0.25, 0.3) is 0 Å². The minimum Gasteiger partial charge on any atom is -0.327 e. The number of fused-ring (bicyclic) bond motifs is 2. The maximum atomic E-state index is 13.1. The zero-order valence-corrected chi connectivity index (χ0v) is 8.80. The van der Waals surface area contributed by atoms with E-state index in [1.165, 1.54) is 30.4 Å². The first-order chi connectivity index (χ1) is 7.22. The summed E-state index contributed by atoms with van der Waals surface area (Å²) in [5.74, 6) is -0.112. The van der Waals surface area contributed by atoms with Gasteiger partial charge in [-0.05, 0) is 48.9 Å². The number of nitrogens with two attached hydrogens (primary N) is 1. The van der Waals surface area contributed by atoms with E-state index < -0.39 is 0 Å². The number of rotatable bonds is 0. The Labute approximate surface area is 89.5 Å². The Bertz CT molecular complexity index is 396. The summed E-state index contributed by atoms with van der Waals surface area (Å²) < 4.78 is 13.1. The molecule has 0 aliphatic heterocycles. The highest BCUT2D eigenvalue weighted by Gasteiger charge is 2.46. The van der Waals surface area contributed by atoms with Gasteiger partial charge in [0.2, 0.25) is 0 Å². The maximum Gasteiger partial charge on any atom is 0.123 e. The summed E-state index contributed by atoms with van der Waals surface area (Å²) in [5.41, 5.74) is 8.95. The Kier molecular flexibility index (Phi) is 1.90. The molecule has 2 aliphatic rings. The summed E-state index contributed by atoms with van der Waals surface area (Å²) in [6, 6.07) is 5.52. The molecule has 2 heteroatoms. The Hall–Kier alpha value is -0.890. The van der Waals surface area contributed by atoms with E-state index in [1.54, 1.807) is 12.1 Å². The van der Waals surface area contributed by atoms with Crippen LogP contribution in [0.4, 0.5) is 4.39 Å². The molecule has 80 valence electrons. The van der Waals surface area contributed by atoms with Crippen LogP contribution in [-0.2, 0) is 11.8 Å². The average molecular weight is 205 g/mol. The van der Waals surface area contributed by atoms with Gasteiger partial charge in [-0.25, -0.2) is 4.39 Å². The monoisotopic (exact) mass is 205 g/mol. The van der Waals surface area contributed by atoms with Crippen LogP contribution < -0.4 is 5.73 Å². The third-order valence-corrected chi connectivity index (χ3v) is 4.28. The van der Waals surface area contributed by atoms with Crippen molar-refractivity contribution in [3.63, 3.8) is 0 Å². The van der Waals surface area contributed by atoms with Crippen LogP contribution in [0, 0.1) is 5.82 Å². The molecule has 0 heterocycles. The van der Waals surface area contributed by atoms with Crippen LogP contribution >= 0.6 is 0 Å². The normalized spacial score (nSPS) is 27.2. The van der Waals surface area contributed by atoms with Crippen molar-refractivity contribution >= 4 is 0 Å². The van der Waals surface area contributed by atoms with Crippen molar-refractivity contribution in [2.75, 3.05) is 0 Å². The fourth-order valence-electron chi connectivity index (χ4n) is 3.24. The zero-order valence-electron chi connectivity index (χ0n) is 8.80. The van der Waals surface area contributed by atoms with Crippen molar-refractivity contribution in [2.24, 2.45) is 5.73 Å². The van der Waals surface area contributed by atoms with Gasteiger partial charge in [-0.1, -0.05) is 12.5 Å². The summed E-state index contributed by atoms with van der Waals surface area (Å²) in [5, 5.41) is 0. The van der Waals surface area contributed by atoms with E-state index in [0.29, 0.717) is 0 Å². The molecule has 2 N–H and O–H groups in total. The molecule has 0 amide bonds. The summed E-state index contributed by atoms with van der Waals surface area (Å²) in [6.45, 7) is 0. The minimum absolute atomic E-state index is 0.112. The lowest BCUT2D eigenvalue weighted by Crippen LogP contribution is -2.53. The van der Waals surface area contributed by atoms with Gasteiger partial charge in [0.15, 0.2) is 0 Å². The summed E-state index contributed by atoms with van der Waals surface area (Å²) in [6.07, 6.45) is 5.59. The van der Waals surface area contributed by atoms with Crippen LogP contribution in [0.1, 0.15) is 36.8 Å². The molecule has 0 saturated heterocycles. The standard InChI is InChI=1S/C13H16FN/c14-10-3-4-11-9(8-10)2-5-12(15)13(11)6-1-7-13/h3-4,8,12H,1-2,5-7,15H2. The second kappa shape index (κ2) is 3.05. The van der Waals surface area contributed by atoms with Gasteiger partial charge in [0.25, 0.3) is 0 Å². The van der Waals surface area contributed by atoms with Gasteiger partial charge in [0.1, 0.15) is 5.82 Å². The molecule has 15 heavy (non-hydrogen) atoms. The summed E-state index contributed by atoms with van der Waals surface area (Å²) >= 11 is 0. The molecule has 2 aliphatic carbocycles. The Morgan fingerprint density at radius 2 is 2.13 bits per heavy atom. The van der Waals surface area contributed by atoms with Crippen LogP contribution in [0.5, 0.6) is 0 Å². The number of aryl methyl sites for hydroxylation is 1. The highest BCUT2D eigenvalue weighted by atomic mass is 19.1. The molecule has 1 atom stereocenters. The van der Waals surface area contributed by atoms with Gasteiger partial charge in [-0.2, -0.15) is 0 Å². The van der Waals surface area contributed by atoms with Crippen LogP contribution in [0.15, 0.2) is 18.2 Å². The molecular weight excluding hydrogens is 189 g/mol. The lowest BCUT2D eigenvalue weighted by atomic mass is 9.56. The molecule has 1 nitrogen and oxygen atoms in total. The number of hydrogen-bond donors (Lipinski definition) is 1. The summed E-state index contributed by atoms with van der Waals surface area (Å²) in [7, 11) is 0. The van der Waals surface area contributed by atoms with E-state index in [0.717, 1.165) is 12.8 Å². The molecule has 1 unspecified atom stereocenters. The van der Waals surface area contributed by atoms with E-state index >= 15 is 0 Å². The first-order valence-electron chi connectivity index (χ1n) is 5.77. The number of benzene rings is 1.